The molecule has 0 bridgehead atoms. The van der Waals surface area contributed by atoms with E-state index in [9.17, 15) is 0 Å². The molecule has 2 fully saturated rings. The highest BCUT2D eigenvalue weighted by Gasteiger charge is 2.68. The van der Waals surface area contributed by atoms with Crippen LogP contribution >= 0.6 is 0 Å². The maximum atomic E-state index is 8.89. The average molecular weight is 817 g/mol. The Morgan fingerprint density at radius 3 is 0.429 bits per heavy atom. The lowest BCUT2D eigenvalue weighted by Gasteiger charge is -2.34. The van der Waals surface area contributed by atoms with Crippen molar-refractivity contribution in [3.05, 3.63) is 0 Å². The normalized spacial score (nSPS) is 25.4. The largest absolute Gasteiger partial charge is 0.668 e. The van der Waals surface area contributed by atoms with Crippen molar-refractivity contribution in [3.8, 4) is 0 Å². The zero-order chi connectivity index (χ0) is 34.7. The van der Waals surface area contributed by atoms with Gasteiger partial charge in [0.2, 0.25) is 0 Å². The Bertz CT molecular complexity index is 669. The molecular formula is H24O32Si10. The summed E-state index contributed by atoms with van der Waals surface area (Å²) in [6.07, 6.45) is 0. The van der Waals surface area contributed by atoms with Gasteiger partial charge in [0, 0.05) is 0 Å². The van der Waals surface area contributed by atoms with E-state index in [2.05, 4.69) is 32.9 Å². The minimum absolute atomic E-state index is 3.24. The summed E-state index contributed by atoms with van der Waals surface area (Å²) in [6, 6.07) is 0. The molecular weight excluding hydrogens is 793 g/mol. The van der Waals surface area contributed by atoms with Gasteiger partial charge in [-0.25, -0.2) is 0 Å². The first-order valence-corrected chi connectivity index (χ1v) is 25.9. The summed E-state index contributed by atoms with van der Waals surface area (Å²) < 4.78 is 29.5. The van der Waals surface area contributed by atoms with Gasteiger partial charge in [-0.3, -0.25) is 0 Å². The summed E-state index contributed by atoms with van der Waals surface area (Å²) >= 11 is 0. The number of rotatable bonds is 2. The molecule has 0 aromatic carbocycles. The van der Waals surface area contributed by atoms with Gasteiger partial charge in [0.1, 0.15) is 0 Å². The monoisotopic (exact) mass is 816 g/mol. The molecule has 0 atom stereocenters. The highest BCUT2D eigenvalue weighted by molar-refractivity contribution is 6.81. The molecule has 0 unspecified atom stereocenters. The Morgan fingerprint density at radius 2 is 0.381 bits per heavy atom. The van der Waals surface area contributed by atoms with Crippen LogP contribution in [0.1, 0.15) is 0 Å². The summed E-state index contributed by atoms with van der Waals surface area (Å²) in [7, 11) is -50.5. The van der Waals surface area contributed by atoms with Gasteiger partial charge in [0.15, 0.2) is 0 Å². The molecule has 0 aromatic heterocycles. The quantitative estimate of drug-likeness (QED) is 0.115. The van der Waals surface area contributed by atoms with Crippen molar-refractivity contribution in [1.29, 1.82) is 0 Å². The van der Waals surface area contributed by atoms with E-state index in [1.54, 1.807) is 0 Å². The van der Waals surface area contributed by atoms with Crippen LogP contribution in [-0.4, -0.2) is 206 Å². The van der Waals surface area contributed by atoms with Crippen LogP contribution in [-0.2, 0) is 32.9 Å². The van der Waals surface area contributed by atoms with Gasteiger partial charge in [-0.2, -0.15) is 0 Å². The van der Waals surface area contributed by atoms with Gasteiger partial charge in [0.25, 0.3) is 0 Å². The molecule has 2 heterocycles. The van der Waals surface area contributed by atoms with Crippen molar-refractivity contribution in [3.63, 3.8) is 0 Å². The molecule has 0 saturated carbocycles. The highest BCUT2D eigenvalue weighted by atomic mass is 28.6. The summed E-state index contributed by atoms with van der Waals surface area (Å²) in [5.41, 5.74) is 0. The molecule has 42 heteroatoms. The van der Waals surface area contributed by atoms with Crippen molar-refractivity contribution < 1.29 is 148 Å². The Hall–Kier alpha value is 0.889. The number of hydrogen-bond acceptors (Lipinski definition) is 32. The van der Waals surface area contributed by atoms with Crippen molar-refractivity contribution in [1.82, 2.24) is 0 Å². The van der Waals surface area contributed by atoms with Crippen molar-refractivity contribution in [2.75, 3.05) is 0 Å². The first-order chi connectivity index (χ1) is 17.7. The molecule has 2 rings (SSSR count). The fraction of sp³-hybridized carbons (Fsp3) is 0. The second kappa shape index (κ2) is 14.8. The third-order valence-corrected chi connectivity index (χ3v) is 19.2. The van der Waals surface area contributed by atoms with Gasteiger partial charge in [-0.15, -0.1) is 0 Å². The van der Waals surface area contributed by atoms with Gasteiger partial charge in [-0.05, 0) is 0 Å². The van der Waals surface area contributed by atoms with Gasteiger partial charge in [-0.1, -0.05) is 0 Å². The third-order valence-electron chi connectivity index (χ3n) is 2.14. The SMILES string of the molecule is O[Si](O)(O)O.O[Si](O)(O)O[Si](O)(O)O.O[Si]1(O)O[Si](O)(O)O[Si](O)(O)O1.O[Si]1(O)O[Si](O)(O)O[Si](O)(O)O[Si](O)(O)O1. The van der Waals surface area contributed by atoms with Crippen molar-refractivity contribution >= 4 is 90.5 Å². The smallest absolute Gasteiger partial charge is 0.368 e. The van der Waals surface area contributed by atoms with E-state index in [0.717, 1.165) is 0 Å². The van der Waals surface area contributed by atoms with E-state index < -0.39 is 90.5 Å². The average Bonchev–Trinajstić information content (AvgIpc) is 2.37. The molecule has 42 heavy (non-hydrogen) atoms. The molecule has 0 radical (unpaired) electrons. The van der Waals surface area contributed by atoms with Crippen molar-refractivity contribution in [2.24, 2.45) is 0 Å². The maximum Gasteiger partial charge on any atom is 0.668 e. The molecule has 0 spiro atoms. The Labute approximate surface area is 238 Å². The zero-order valence-corrected chi connectivity index (χ0v) is 29.0. The second-order valence-electron chi connectivity index (χ2n) is 6.40. The maximum absolute atomic E-state index is 8.89. The van der Waals surface area contributed by atoms with Crippen molar-refractivity contribution in [2.45, 2.75) is 0 Å². The van der Waals surface area contributed by atoms with E-state index >= 15 is 0 Å². The first kappa shape index (κ1) is 45.0. The lowest BCUT2D eigenvalue weighted by molar-refractivity contribution is -0.0506. The molecule has 2 saturated heterocycles. The topological polar surface area (TPSA) is 559 Å². The molecule has 24 N–H and O–H groups in total. The fourth-order valence-corrected chi connectivity index (χ4v) is 16.5. The molecule has 0 aliphatic carbocycles. The Kier molecular flexibility index (Phi) is 15.8. The van der Waals surface area contributed by atoms with Crippen LogP contribution in [0.2, 0.25) is 0 Å². The highest BCUT2D eigenvalue weighted by Crippen LogP contribution is 2.21. The first-order valence-electron chi connectivity index (χ1n) is 8.63. The van der Waals surface area contributed by atoms with Crippen LogP contribution in [0.3, 0.4) is 0 Å². The lowest BCUT2D eigenvalue weighted by Crippen LogP contribution is -2.71. The predicted molar refractivity (Wildman–Crippen MR) is 119 cm³/mol. The van der Waals surface area contributed by atoms with Crippen LogP contribution in [0.5, 0.6) is 0 Å². The summed E-state index contributed by atoms with van der Waals surface area (Å²) in [5.74, 6) is 0. The molecule has 256 valence electrons. The zero-order valence-electron chi connectivity index (χ0n) is 19.0. The van der Waals surface area contributed by atoms with Crippen LogP contribution < -0.4 is 0 Å². The van der Waals surface area contributed by atoms with Crippen LogP contribution in [0.15, 0.2) is 0 Å². The molecule has 2 aliphatic rings. The second-order valence-corrected chi connectivity index (χ2v) is 24.1. The Morgan fingerprint density at radius 1 is 0.286 bits per heavy atom. The van der Waals surface area contributed by atoms with Gasteiger partial charge >= 0.3 is 90.5 Å². The van der Waals surface area contributed by atoms with E-state index in [-0.39, 0.29) is 0 Å². The molecule has 0 amide bonds. The van der Waals surface area contributed by atoms with E-state index in [1.807, 2.05) is 0 Å². The molecule has 2 aliphatic heterocycles. The summed E-state index contributed by atoms with van der Waals surface area (Å²) in [4.78, 5) is 200. The van der Waals surface area contributed by atoms with Gasteiger partial charge in [0.05, 0.1) is 0 Å². The summed E-state index contributed by atoms with van der Waals surface area (Å²) in [5, 5.41) is 0. The minimum atomic E-state index is -5.33. The number of hydrogen-bond donors (Lipinski definition) is 24. The summed E-state index contributed by atoms with van der Waals surface area (Å²) in [6.45, 7) is 0. The van der Waals surface area contributed by atoms with Gasteiger partial charge < -0.3 is 148 Å². The molecule has 0 aromatic rings. The van der Waals surface area contributed by atoms with Crippen LogP contribution in [0.25, 0.3) is 0 Å². The third kappa shape index (κ3) is 27.2. The minimum Gasteiger partial charge on any atom is -0.368 e. The Balaban J connectivity index is 0. The molecule has 32 nitrogen and oxygen atoms in total. The van der Waals surface area contributed by atoms with E-state index in [0.29, 0.717) is 0 Å². The fourth-order valence-electron chi connectivity index (χ4n) is 1.54. The van der Waals surface area contributed by atoms with E-state index in [4.69, 9.17) is 115 Å². The van der Waals surface area contributed by atoms with Crippen LogP contribution in [0, 0.1) is 0 Å². The lowest BCUT2D eigenvalue weighted by atomic mass is 15.5. The predicted octanol–water partition coefficient (Wildman–Crippen LogP) is -17.7. The standard InChI is InChI=1S/H8O12Si4.H6O9Si3.H6O7Si2.H4O4Si/c1-13(2)9-14(3,4)11-16(7,8)12-15(5,6)10-13;1-10(2)7-11(3,4)9-12(5,6)8-10;1-8(2,3)7-9(4,5)6;1-5(2,3)4/h1-8H;1-6H;1-6H;1-4H. The van der Waals surface area contributed by atoms with E-state index in [1.165, 1.54) is 0 Å². The van der Waals surface area contributed by atoms with Crippen LogP contribution in [0.4, 0.5) is 0 Å².